The maximum absolute atomic E-state index is 11.9. The minimum Gasteiger partial charge on any atom is -0.360 e. The molecule has 0 amide bonds. The lowest BCUT2D eigenvalue weighted by Crippen LogP contribution is -2.24. The first-order valence-electron chi connectivity index (χ1n) is 6.81. The molecule has 1 aromatic heterocycles. The number of nitrogens with one attached hydrogen (secondary N) is 2. The van der Waals surface area contributed by atoms with Crippen molar-refractivity contribution >= 4 is 27.0 Å². The van der Waals surface area contributed by atoms with Gasteiger partial charge in [0.05, 0.1) is 11.4 Å². The summed E-state index contributed by atoms with van der Waals surface area (Å²) in [5, 5.41) is 25.2. The molecule has 1 aromatic carbocycles. The Morgan fingerprint density at radius 1 is 1.39 bits per heavy atom. The Labute approximate surface area is 132 Å². The van der Waals surface area contributed by atoms with Crippen LogP contribution in [0.3, 0.4) is 0 Å². The van der Waals surface area contributed by atoms with Crippen LogP contribution in [0.15, 0.2) is 30.5 Å². The van der Waals surface area contributed by atoms with Crippen molar-refractivity contribution in [3.8, 4) is 6.07 Å². The van der Waals surface area contributed by atoms with Crippen LogP contribution in [0.5, 0.6) is 0 Å². The summed E-state index contributed by atoms with van der Waals surface area (Å²) < 4.78 is 25.2. The Morgan fingerprint density at radius 3 is 2.74 bits per heavy atom. The summed E-state index contributed by atoms with van der Waals surface area (Å²) in [4.78, 5) is 0. The number of hydrogen-bond acceptors (Lipinski definition) is 7. The number of allylic oxidation sites excluding steroid dienone is 1. The molecule has 9 nitrogen and oxygen atoms in total. The van der Waals surface area contributed by atoms with E-state index in [0.717, 1.165) is 0 Å². The Bertz CT molecular complexity index is 851. The van der Waals surface area contributed by atoms with Crippen molar-refractivity contribution in [1.29, 1.82) is 5.26 Å². The second-order valence-electron chi connectivity index (χ2n) is 4.84. The van der Waals surface area contributed by atoms with Gasteiger partial charge < -0.3 is 5.32 Å². The molecule has 0 unspecified atom stereocenters. The van der Waals surface area contributed by atoms with Crippen LogP contribution in [0.2, 0.25) is 0 Å². The Hall–Kier alpha value is -2.93. The molecule has 0 bridgehead atoms. The fourth-order valence-corrected chi connectivity index (χ4v) is 3.80. The third-order valence-corrected chi connectivity index (χ3v) is 5.21. The molecule has 23 heavy (non-hydrogen) atoms. The smallest absolute Gasteiger partial charge is 0.235 e. The second kappa shape index (κ2) is 6.05. The first-order chi connectivity index (χ1) is 11.1. The van der Waals surface area contributed by atoms with E-state index < -0.39 is 10.0 Å². The van der Waals surface area contributed by atoms with Crippen molar-refractivity contribution < 1.29 is 8.42 Å². The molecule has 0 spiro atoms. The van der Waals surface area contributed by atoms with Crippen LogP contribution in [0.1, 0.15) is 12.2 Å². The van der Waals surface area contributed by atoms with Gasteiger partial charge in [0.1, 0.15) is 11.6 Å². The number of anilines is 2. The number of hydrogen-bond donors (Lipinski definition) is 2. The molecule has 0 atom stereocenters. The summed E-state index contributed by atoms with van der Waals surface area (Å²) in [6.07, 6.45) is 2.10. The average Bonchev–Trinajstić information content (AvgIpc) is 3.18. The molecule has 1 aliphatic rings. The van der Waals surface area contributed by atoms with Gasteiger partial charge in [-0.25, -0.2) is 8.42 Å². The number of benzene rings is 1. The zero-order chi connectivity index (χ0) is 16.3. The number of nitrogens with zero attached hydrogens (tertiary/aromatic N) is 5. The minimum atomic E-state index is -3.18. The van der Waals surface area contributed by atoms with E-state index in [1.165, 1.54) is 10.5 Å². The Kier molecular flexibility index (Phi) is 3.94. The number of tetrazole rings is 1. The molecular weight excluding hydrogens is 318 g/mol. The van der Waals surface area contributed by atoms with Crippen LogP contribution in [0, 0.1) is 11.3 Å². The molecular formula is C13H13N7O2S. The highest BCUT2D eigenvalue weighted by Gasteiger charge is 2.28. The highest BCUT2D eigenvalue weighted by Crippen LogP contribution is 2.25. The predicted octanol–water partition coefficient (Wildman–Crippen LogP) is 0.716. The van der Waals surface area contributed by atoms with Gasteiger partial charge >= 0.3 is 0 Å². The highest BCUT2D eigenvalue weighted by atomic mass is 32.2. The molecule has 2 N–H and O–H groups in total. The number of aromatic nitrogens is 4. The fourth-order valence-electron chi connectivity index (χ4n) is 2.23. The first-order valence-corrected chi connectivity index (χ1v) is 8.42. The maximum Gasteiger partial charge on any atom is 0.235 e. The van der Waals surface area contributed by atoms with E-state index >= 15 is 0 Å². The number of rotatable bonds is 4. The van der Waals surface area contributed by atoms with E-state index in [9.17, 15) is 8.42 Å². The molecule has 1 fully saturated rings. The van der Waals surface area contributed by atoms with Crippen molar-refractivity contribution in [3.05, 3.63) is 36.3 Å². The summed E-state index contributed by atoms with van der Waals surface area (Å²) in [7, 11) is -3.18. The molecule has 2 aromatic rings. The van der Waals surface area contributed by atoms with Gasteiger partial charge in [-0.2, -0.15) is 10.5 Å². The minimum absolute atomic E-state index is 0.186. The topological polar surface area (TPSA) is 128 Å². The van der Waals surface area contributed by atoms with E-state index in [1.54, 1.807) is 24.3 Å². The predicted molar refractivity (Wildman–Crippen MR) is 83.6 cm³/mol. The SMILES string of the molecule is N#CC(=CNc1ccc(N2CCCS2(=O)=O)cc1)c1nn[nH]n1. The fraction of sp³-hybridized carbons (Fsp3) is 0.231. The Morgan fingerprint density at radius 2 is 2.17 bits per heavy atom. The molecule has 0 saturated carbocycles. The van der Waals surface area contributed by atoms with E-state index in [4.69, 9.17) is 5.26 Å². The summed E-state index contributed by atoms with van der Waals surface area (Å²) in [6.45, 7) is 0.505. The van der Waals surface area contributed by atoms with Gasteiger partial charge in [-0.15, -0.1) is 10.2 Å². The van der Waals surface area contributed by atoms with Crippen molar-refractivity contribution in [3.63, 3.8) is 0 Å². The molecule has 1 aliphatic heterocycles. The molecule has 10 heteroatoms. The lowest BCUT2D eigenvalue weighted by molar-refractivity contribution is 0.599. The number of H-pyrrole nitrogens is 1. The van der Waals surface area contributed by atoms with Gasteiger partial charge in [0.2, 0.25) is 15.8 Å². The molecule has 3 rings (SSSR count). The van der Waals surface area contributed by atoms with Crippen LogP contribution >= 0.6 is 0 Å². The summed E-state index contributed by atoms with van der Waals surface area (Å²) in [5.74, 6) is 0.381. The standard InChI is InChI=1S/C13H13N7O2S/c14-8-10(13-16-18-19-17-13)9-15-11-2-4-12(5-3-11)20-6-1-7-23(20,21)22/h2-5,9,15H,1,6-7H2,(H,16,17,18,19). The zero-order valence-corrected chi connectivity index (χ0v) is 12.8. The van der Waals surface area contributed by atoms with Gasteiger partial charge in [0.15, 0.2) is 0 Å². The lowest BCUT2D eigenvalue weighted by Gasteiger charge is -2.17. The summed E-state index contributed by atoms with van der Waals surface area (Å²) >= 11 is 0. The monoisotopic (exact) mass is 331 g/mol. The normalized spacial score (nSPS) is 17.0. The molecule has 118 valence electrons. The van der Waals surface area contributed by atoms with Crippen LogP contribution < -0.4 is 9.62 Å². The number of sulfonamides is 1. The number of aromatic amines is 1. The molecule has 0 radical (unpaired) electrons. The molecule has 1 saturated heterocycles. The van der Waals surface area contributed by atoms with E-state index in [2.05, 4.69) is 25.9 Å². The van der Waals surface area contributed by atoms with E-state index in [-0.39, 0.29) is 17.2 Å². The Balaban J connectivity index is 1.75. The van der Waals surface area contributed by atoms with Crippen molar-refractivity contribution in [1.82, 2.24) is 20.6 Å². The quantitative estimate of drug-likeness (QED) is 0.790. The van der Waals surface area contributed by atoms with Crippen molar-refractivity contribution in [2.45, 2.75) is 6.42 Å². The highest BCUT2D eigenvalue weighted by molar-refractivity contribution is 7.93. The van der Waals surface area contributed by atoms with Gasteiger partial charge in [-0.05, 0) is 35.9 Å². The van der Waals surface area contributed by atoms with Crippen LogP contribution in [-0.2, 0) is 10.0 Å². The van der Waals surface area contributed by atoms with Crippen LogP contribution in [0.4, 0.5) is 11.4 Å². The largest absolute Gasteiger partial charge is 0.360 e. The van der Waals surface area contributed by atoms with Gasteiger partial charge in [0, 0.05) is 18.4 Å². The van der Waals surface area contributed by atoms with Gasteiger partial charge in [-0.1, -0.05) is 0 Å². The van der Waals surface area contributed by atoms with E-state index in [1.807, 2.05) is 6.07 Å². The molecule has 2 heterocycles. The van der Waals surface area contributed by atoms with E-state index in [0.29, 0.717) is 24.3 Å². The van der Waals surface area contributed by atoms with Gasteiger partial charge in [0.25, 0.3) is 0 Å². The third-order valence-electron chi connectivity index (χ3n) is 3.34. The van der Waals surface area contributed by atoms with Crippen molar-refractivity contribution in [2.75, 3.05) is 21.9 Å². The number of nitriles is 1. The van der Waals surface area contributed by atoms with Crippen molar-refractivity contribution in [2.24, 2.45) is 0 Å². The average molecular weight is 331 g/mol. The lowest BCUT2D eigenvalue weighted by atomic mass is 10.2. The zero-order valence-electron chi connectivity index (χ0n) is 12.0. The summed E-state index contributed by atoms with van der Waals surface area (Å²) in [5.41, 5.74) is 1.57. The van der Waals surface area contributed by atoms with Gasteiger partial charge in [-0.3, -0.25) is 4.31 Å². The maximum atomic E-state index is 11.9. The third kappa shape index (κ3) is 3.14. The first kappa shape index (κ1) is 15.0. The summed E-state index contributed by atoms with van der Waals surface area (Å²) in [6, 6.07) is 8.89. The molecule has 0 aliphatic carbocycles. The van der Waals surface area contributed by atoms with Crippen LogP contribution in [-0.4, -0.2) is 41.3 Å². The van der Waals surface area contributed by atoms with Crippen LogP contribution in [0.25, 0.3) is 5.57 Å². The second-order valence-corrected chi connectivity index (χ2v) is 6.85.